The summed E-state index contributed by atoms with van der Waals surface area (Å²) in [6.45, 7) is -0.701. The minimum absolute atomic E-state index is 0.0793. The summed E-state index contributed by atoms with van der Waals surface area (Å²) in [5, 5.41) is 3.57. The van der Waals surface area contributed by atoms with Crippen molar-refractivity contribution < 1.29 is 22.7 Å². The lowest BCUT2D eigenvalue weighted by atomic mass is 10.0. The molecule has 0 spiro atoms. The van der Waals surface area contributed by atoms with Gasteiger partial charge >= 0.3 is 0 Å². The SMILES string of the molecule is CNC(=O)C(Cc1ccccc1)N(Cc1ccc(Cl)cc1Cl)C(=O)CN(c1cc(Cl)ccc1OC)S(C)(=O)=O. The molecular weight excluding hydrogens is 585 g/mol. The maximum atomic E-state index is 14.0. The molecule has 39 heavy (non-hydrogen) atoms. The van der Waals surface area contributed by atoms with Crippen molar-refractivity contribution in [2.24, 2.45) is 0 Å². The van der Waals surface area contributed by atoms with Gasteiger partial charge in [0, 0.05) is 35.1 Å². The summed E-state index contributed by atoms with van der Waals surface area (Å²) in [4.78, 5) is 28.5. The molecule has 1 N–H and O–H groups in total. The molecule has 0 fully saturated rings. The number of amides is 2. The molecule has 0 saturated heterocycles. The molecule has 3 rings (SSSR count). The summed E-state index contributed by atoms with van der Waals surface area (Å²) in [5.74, 6) is -0.862. The zero-order chi connectivity index (χ0) is 28.7. The van der Waals surface area contributed by atoms with E-state index in [9.17, 15) is 18.0 Å². The third kappa shape index (κ3) is 8.02. The van der Waals surface area contributed by atoms with E-state index in [0.717, 1.165) is 16.1 Å². The van der Waals surface area contributed by atoms with Gasteiger partial charge in [0.05, 0.1) is 19.1 Å². The highest BCUT2D eigenvalue weighted by Gasteiger charge is 2.33. The lowest BCUT2D eigenvalue weighted by molar-refractivity contribution is -0.139. The fourth-order valence-electron chi connectivity index (χ4n) is 4.01. The maximum absolute atomic E-state index is 14.0. The first-order valence-corrected chi connectivity index (χ1v) is 14.7. The molecule has 0 heterocycles. The van der Waals surface area contributed by atoms with E-state index >= 15 is 0 Å². The Bertz CT molecular complexity index is 1440. The van der Waals surface area contributed by atoms with Crippen molar-refractivity contribution in [3.05, 3.63) is 92.9 Å². The zero-order valence-corrected chi connectivity index (χ0v) is 24.6. The van der Waals surface area contributed by atoms with Crippen LogP contribution in [0.4, 0.5) is 5.69 Å². The number of nitrogens with zero attached hydrogens (tertiary/aromatic N) is 2. The fourth-order valence-corrected chi connectivity index (χ4v) is 5.49. The number of hydrogen-bond donors (Lipinski definition) is 1. The van der Waals surface area contributed by atoms with Crippen molar-refractivity contribution in [3.8, 4) is 5.75 Å². The molecule has 2 amide bonds. The van der Waals surface area contributed by atoms with Gasteiger partial charge in [-0.25, -0.2) is 8.42 Å². The van der Waals surface area contributed by atoms with Gasteiger partial charge in [-0.3, -0.25) is 13.9 Å². The first-order valence-electron chi connectivity index (χ1n) is 11.7. The van der Waals surface area contributed by atoms with Gasteiger partial charge in [0.25, 0.3) is 0 Å². The molecule has 0 aliphatic rings. The van der Waals surface area contributed by atoms with Crippen molar-refractivity contribution in [1.82, 2.24) is 10.2 Å². The first-order chi connectivity index (χ1) is 18.4. The van der Waals surface area contributed by atoms with Crippen molar-refractivity contribution in [1.29, 1.82) is 0 Å². The number of benzene rings is 3. The second kappa shape index (κ2) is 13.4. The zero-order valence-electron chi connectivity index (χ0n) is 21.5. The first kappa shape index (κ1) is 30.6. The maximum Gasteiger partial charge on any atom is 0.244 e. The minimum Gasteiger partial charge on any atom is -0.495 e. The van der Waals surface area contributed by atoms with Crippen molar-refractivity contribution in [3.63, 3.8) is 0 Å². The van der Waals surface area contributed by atoms with Crippen LogP contribution in [0.5, 0.6) is 5.75 Å². The summed E-state index contributed by atoms with van der Waals surface area (Å²) in [5.41, 5.74) is 1.43. The predicted molar refractivity (Wildman–Crippen MR) is 155 cm³/mol. The number of nitrogens with one attached hydrogen (secondary N) is 1. The molecular formula is C27H28Cl3N3O5S. The normalized spacial score (nSPS) is 11.9. The molecule has 1 atom stereocenters. The molecule has 1 unspecified atom stereocenters. The van der Waals surface area contributed by atoms with Gasteiger partial charge < -0.3 is 15.0 Å². The topological polar surface area (TPSA) is 96.0 Å². The molecule has 0 aliphatic carbocycles. The van der Waals surface area contributed by atoms with E-state index in [1.807, 2.05) is 30.3 Å². The standard InChI is InChI=1S/C27H28Cl3N3O5S/c1-31-27(35)24(13-18-7-5-4-6-8-18)32(16-19-9-10-20(28)14-22(19)30)26(34)17-33(39(3,36)37)23-15-21(29)11-12-25(23)38-2/h4-12,14-15,24H,13,16-17H2,1-3H3,(H,31,35). The van der Waals surface area contributed by atoms with Crippen LogP contribution in [0.3, 0.4) is 0 Å². The van der Waals surface area contributed by atoms with Crippen LogP contribution in [0.2, 0.25) is 15.1 Å². The molecule has 208 valence electrons. The van der Waals surface area contributed by atoms with E-state index in [2.05, 4.69) is 5.32 Å². The van der Waals surface area contributed by atoms with Crippen LogP contribution in [0, 0.1) is 0 Å². The molecule has 0 radical (unpaired) electrons. The Labute approximate surface area is 243 Å². The Morgan fingerprint density at radius 1 is 0.974 bits per heavy atom. The highest BCUT2D eigenvalue weighted by Crippen LogP contribution is 2.33. The summed E-state index contributed by atoms with van der Waals surface area (Å²) in [7, 11) is -1.14. The minimum atomic E-state index is -3.99. The Hall–Kier alpha value is -2.98. The van der Waals surface area contributed by atoms with Crippen molar-refractivity contribution in [2.45, 2.75) is 19.0 Å². The Morgan fingerprint density at radius 3 is 2.21 bits per heavy atom. The Morgan fingerprint density at radius 2 is 1.62 bits per heavy atom. The van der Waals surface area contributed by atoms with Gasteiger partial charge in [-0.05, 0) is 41.5 Å². The largest absolute Gasteiger partial charge is 0.495 e. The molecule has 0 aromatic heterocycles. The van der Waals surface area contributed by atoms with E-state index in [4.69, 9.17) is 39.5 Å². The average Bonchev–Trinajstić information content (AvgIpc) is 2.89. The lowest BCUT2D eigenvalue weighted by Crippen LogP contribution is -2.53. The summed E-state index contributed by atoms with van der Waals surface area (Å²) in [6, 6.07) is 17.5. The molecule has 0 bridgehead atoms. The van der Waals surface area contributed by atoms with E-state index < -0.39 is 34.4 Å². The molecule has 3 aromatic rings. The molecule has 12 heteroatoms. The van der Waals surface area contributed by atoms with Gasteiger partial charge in [0.2, 0.25) is 21.8 Å². The number of carbonyl (C=O) groups excluding carboxylic acids is 2. The van der Waals surface area contributed by atoms with Gasteiger partial charge in [-0.15, -0.1) is 0 Å². The second-order valence-corrected chi connectivity index (χ2v) is 11.8. The fraction of sp³-hybridized carbons (Fsp3) is 0.259. The van der Waals surface area contributed by atoms with E-state index in [-0.39, 0.29) is 29.4 Å². The summed E-state index contributed by atoms with van der Waals surface area (Å²) in [6.07, 6.45) is 1.15. The van der Waals surface area contributed by atoms with Crippen LogP contribution in [-0.2, 0) is 32.6 Å². The number of hydrogen-bond acceptors (Lipinski definition) is 5. The third-order valence-electron chi connectivity index (χ3n) is 5.96. The number of carbonyl (C=O) groups is 2. The number of likely N-dealkylation sites (N-methyl/N-ethyl adjacent to an activating group) is 1. The molecule has 3 aromatic carbocycles. The third-order valence-corrected chi connectivity index (χ3v) is 7.91. The van der Waals surface area contributed by atoms with Crippen LogP contribution >= 0.6 is 34.8 Å². The van der Waals surface area contributed by atoms with Crippen molar-refractivity contribution in [2.75, 3.05) is 31.3 Å². The van der Waals surface area contributed by atoms with E-state index in [0.29, 0.717) is 15.6 Å². The van der Waals surface area contributed by atoms with E-state index in [1.54, 1.807) is 18.2 Å². The highest BCUT2D eigenvalue weighted by molar-refractivity contribution is 7.92. The van der Waals surface area contributed by atoms with Crippen molar-refractivity contribution >= 4 is 62.3 Å². The smallest absolute Gasteiger partial charge is 0.244 e. The Balaban J connectivity index is 2.10. The van der Waals surface area contributed by atoms with Crippen LogP contribution in [0.15, 0.2) is 66.7 Å². The van der Waals surface area contributed by atoms with Gasteiger partial charge in [0.15, 0.2) is 0 Å². The molecule has 0 aliphatic heterocycles. The quantitative estimate of drug-likeness (QED) is 0.335. The summed E-state index contributed by atoms with van der Waals surface area (Å²) < 4.78 is 32.1. The van der Waals surface area contributed by atoms with E-state index in [1.165, 1.54) is 37.3 Å². The Kier molecular flexibility index (Phi) is 10.5. The van der Waals surface area contributed by atoms with Crippen LogP contribution < -0.4 is 14.4 Å². The van der Waals surface area contributed by atoms with Crippen LogP contribution in [-0.4, -0.2) is 58.1 Å². The lowest BCUT2D eigenvalue weighted by Gasteiger charge is -2.33. The number of anilines is 1. The number of ether oxygens (including phenoxy) is 1. The van der Waals surface area contributed by atoms with Gasteiger partial charge in [-0.1, -0.05) is 71.2 Å². The number of rotatable bonds is 11. The highest BCUT2D eigenvalue weighted by atomic mass is 35.5. The number of sulfonamides is 1. The van der Waals surface area contributed by atoms with Crippen LogP contribution in [0.1, 0.15) is 11.1 Å². The van der Waals surface area contributed by atoms with Gasteiger partial charge in [-0.2, -0.15) is 0 Å². The number of methoxy groups -OCH3 is 1. The molecule has 8 nitrogen and oxygen atoms in total. The summed E-state index contributed by atoms with van der Waals surface area (Å²) >= 11 is 18.6. The average molecular weight is 613 g/mol. The monoisotopic (exact) mass is 611 g/mol. The molecule has 0 saturated carbocycles. The van der Waals surface area contributed by atoms with Gasteiger partial charge in [0.1, 0.15) is 18.3 Å². The van der Waals surface area contributed by atoms with Crippen LogP contribution in [0.25, 0.3) is 0 Å². The second-order valence-electron chi connectivity index (χ2n) is 8.66. The predicted octanol–water partition coefficient (Wildman–Crippen LogP) is 4.81. The number of halogens is 3.